The Morgan fingerprint density at radius 3 is 2.81 bits per heavy atom. The first kappa shape index (κ1) is 11.8. The number of aliphatic hydroxyl groups excluding tert-OH is 1. The molecule has 88 valence electrons. The minimum absolute atomic E-state index is 0.150. The van der Waals surface area contributed by atoms with Crippen molar-refractivity contribution in [3.05, 3.63) is 34.6 Å². The van der Waals surface area contributed by atoms with Crippen molar-refractivity contribution < 1.29 is 14.2 Å². The molecule has 0 saturated heterocycles. The second-order valence-corrected chi connectivity index (χ2v) is 4.65. The number of rotatable bonds is 4. The topological polar surface area (TPSA) is 29.5 Å². The number of hydrogen-bond acceptors (Lipinski definition) is 2. The van der Waals surface area contributed by atoms with Crippen molar-refractivity contribution in [3.63, 3.8) is 0 Å². The smallest absolute Gasteiger partial charge is 0.124 e. The Hall–Kier alpha value is -0.640. The van der Waals surface area contributed by atoms with Gasteiger partial charge in [0, 0.05) is 5.02 Å². The second kappa shape index (κ2) is 5.13. The van der Waals surface area contributed by atoms with E-state index in [1.54, 1.807) is 6.07 Å². The number of halogens is 2. The van der Waals surface area contributed by atoms with E-state index in [9.17, 15) is 4.39 Å². The van der Waals surface area contributed by atoms with Crippen molar-refractivity contribution in [3.8, 4) is 0 Å². The van der Waals surface area contributed by atoms with Gasteiger partial charge in [-0.15, -0.1) is 0 Å². The molecule has 2 rings (SSSR count). The highest BCUT2D eigenvalue weighted by Gasteiger charge is 2.26. The molecule has 0 radical (unpaired) electrons. The first-order valence-electron chi connectivity index (χ1n) is 5.35. The molecule has 0 aromatic heterocycles. The summed E-state index contributed by atoms with van der Waals surface area (Å²) in [5, 5.41) is 9.49. The van der Waals surface area contributed by atoms with Crippen LogP contribution in [0.2, 0.25) is 5.02 Å². The van der Waals surface area contributed by atoms with Crippen LogP contribution >= 0.6 is 11.6 Å². The zero-order chi connectivity index (χ0) is 11.5. The Kier molecular flexibility index (Phi) is 3.79. The van der Waals surface area contributed by atoms with Crippen molar-refractivity contribution in [1.29, 1.82) is 0 Å². The molecule has 4 heteroatoms. The Bertz CT molecular complexity index is 364. The summed E-state index contributed by atoms with van der Waals surface area (Å²) in [6.07, 6.45) is 1.48. The van der Waals surface area contributed by atoms with Crippen molar-refractivity contribution >= 4 is 11.6 Å². The summed E-state index contributed by atoms with van der Waals surface area (Å²) in [7, 11) is 0. The fourth-order valence-electron chi connectivity index (χ4n) is 1.81. The van der Waals surface area contributed by atoms with Gasteiger partial charge in [0.25, 0.3) is 0 Å². The average molecular weight is 245 g/mol. The van der Waals surface area contributed by atoms with Gasteiger partial charge in [0.2, 0.25) is 0 Å². The molecule has 0 heterocycles. The molecule has 1 aliphatic carbocycles. The summed E-state index contributed by atoms with van der Waals surface area (Å²) in [6.45, 7) is 1.02. The molecule has 1 aliphatic rings. The number of aliphatic hydroxyl groups is 1. The lowest BCUT2D eigenvalue weighted by atomic mass is 9.83. The standard InChI is InChI=1S/C12H14ClFO2/c13-12-5-10(14)2-1-9(12)7-16-6-8-3-11(15)4-8/h1-2,5,8,11,15H,3-4,6-7H2/t8-,11+. The molecule has 0 atom stereocenters. The van der Waals surface area contributed by atoms with E-state index in [2.05, 4.69) is 0 Å². The predicted molar refractivity (Wildman–Crippen MR) is 59.8 cm³/mol. The van der Waals surface area contributed by atoms with E-state index in [4.69, 9.17) is 21.4 Å². The highest BCUT2D eigenvalue weighted by atomic mass is 35.5. The van der Waals surface area contributed by atoms with Gasteiger partial charge < -0.3 is 9.84 Å². The highest BCUT2D eigenvalue weighted by molar-refractivity contribution is 6.31. The molecule has 1 aromatic rings. The van der Waals surface area contributed by atoms with E-state index in [0.29, 0.717) is 24.2 Å². The van der Waals surface area contributed by atoms with Crippen LogP contribution in [0.1, 0.15) is 18.4 Å². The fourth-order valence-corrected chi connectivity index (χ4v) is 2.03. The molecule has 0 spiro atoms. The van der Waals surface area contributed by atoms with Gasteiger partial charge in [-0.2, -0.15) is 0 Å². The van der Waals surface area contributed by atoms with E-state index in [1.807, 2.05) is 0 Å². The Balaban J connectivity index is 1.76. The van der Waals surface area contributed by atoms with Crippen LogP contribution in [-0.2, 0) is 11.3 Å². The van der Waals surface area contributed by atoms with Crippen molar-refractivity contribution in [2.45, 2.75) is 25.6 Å². The van der Waals surface area contributed by atoms with Crippen LogP contribution in [0.5, 0.6) is 0 Å². The van der Waals surface area contributed by atoms with Crippen LogP contribution in [-0.4, -0.2) is 17.8 Å². The van der Waals surface area contributed by atoms with Crippen molar-refractivity contribution in [1.82, 2.24) is 0 Å². The predicted octanol–water partition coefficient (Wildman–Crippen LogP) is 2.77. The van der Waals surface area contributed by atoms with Crippen LogP contribution in [0, 0.1) is 11.7 Å². The second-order valence-electron chi connectivity index (χ2n) is 4.24. The van der Waals surface area contributed by atoms with E-state index in [1.165, 1.54) is 12.1 Å². The van der Waals surface area contributed by atoms with Gasteiger partial charge in [-0.05, 0) is 36.5 Å². The maximum atomic E-state index is 12.8. The van der Waals surface area contributed by atoms with Crippen molar-refractivity contribution in [2.75, 3.05) is 6.61 Å². The number of ether oxygens (including phenoxy) is 1. The molecule has 16 heavy (non-hydrogen) atoms. The third-order valence-electron chi connectivity index (χ3n) is 2.84. The fraction of sp³-hybridized carbons (Fsp3) is 0.500. The SMILES string of the molecule is O[C@H]1C[C@@H](COCc2ccc(F)cc2Cl)C1. The van der Waals surface area contributed by atoms with Crippen LogP contribution in [0.25, 0.3) is 0 Å². The Labute approximate surface area is 99.0 Å². The lowest BCUT2D eigenvalue weighted by Crippen LogP contribution is -2.31. The average Bonchev–Trinajstić information content (AvgIpc) is 2.18. The van der Waals surface area contributed by atoms with Gasteiger partial charge in [0.15, 0.2) is 0 Å². The lowest BCUT2D eigenvalue weighted by molar-refractivity contribution is -0.0145. The summed E-state index contributed by atoms with van der Waals surface area (Å²) >= 11 is 5.86. The molecule has 0 amide bonds. The number of hydrogen-bond donors (Lipinski definition) is 1. The Morgan fingerprint density at radius 1 is 1.44 bits per heavy atom. The van der Waals surface area contributed by atoms with E-state index < -0.39 is 0 Å². The van der Waals surface area contributed by atoms with Crippen LogP contribution in [0.4, 0.5) is 4.39 Å². The van der Waals surface area contributed by atoms with Crippen LogP contribution < -0.4 is 0 Å². The first-order valence-corrected chi connectivity index (χ1v) is 5.72. The molecular weight excluding hydrogens is 231 g/mol. The molecular formula is C12H14ClFO2. The van der Waals surface area contributed by atoms with Gasteiger partial charge >= 0.3 is 0 Å². The summed E-state index contributed by atoms with van der Waals surface area (Å²) < 4.78 is 18.2. The van der Waals surface area contributed by atoms with Crippen molar-refractivity contribution in [2.24, 2.45) is 5.92 Å². The minimum Gasteiger partial charge on any atom is -0.393 e. The molecule has 2 nitrogen and oxygen atoms in total. The third-order valence-corrected chi connectivity index (χ3v) is 3.19. The molecule has 0 aliphatic heterocycles. The number of benzene rings is 1. The quantitative estimate of drug-likeness (QED) is 0.883. The monoisotopic (exact) mass is 244 g/mol. The molecule has 0 unspecified atom stereocenters. The molecule has 1 saturated carbocycles. The van der Waals surface area contributed by atoms with E-state index in [0.717, 1.165) is 18.4 Å². The van der Waals surface area contributed by atoms with Crippen LogP contribution in [0.15, 0.2) is 18.2 Å². The minimum atomic E-state index is -0.337. The van der Waals surface area contributed by atoms with E-state index >= 15 is 0 Å². The largest absolute Gasteiger partial charge is 0.393 e. The molecule has 1 N–H and O–H groups in total. The van der Waals surface area contributed by atoms with Gasteiger partial charge in [-0.25, -0.2) is 4.39 Å². The molecule has 1 aromatic carbocycles. The third kappa shape index (κ3) is 2.94. The van der Waals surface area contributed by atoms with Gasteiger partial charge in [0.05, 0.1) is 19.3 Å². The maximum absolute atomic E-state index is 12.8. The summed E-state index contributed by atoms with van der Waals surface area (Å²) in [5.41, 5.74) is 0.794. The summed E-state index contributed by atoms with van der Waals surface area (Å²) in [5.74, 6) is 0.116. The van der Waals surface area contributed by atoms with Crippen LogP contribution in [0.3, 0.4) is 0 Å². The summed E-state index contributed by atoms with van der Waals surface area (Å²) in [4.78, 5) is 0. The first-order chi connectivity index (χ1) is 7.65. The molecule has 1 fully saturated rings. The maximum Gasteiger partial charge on any atom is 0.124 e. The normalized spacial score (nSPS) is 24.2. The van der Waals surface area contributed by atoms with Gasteiger partial charge in [0.1, 0.15) is 5.82 Å². The zero-order valence-corrected chi connectivity index (χ0v) is 9.58. The molecule has 0 bridgehead atoms. The van der Waals surface area contributed by atoms with E-state index in [-0.39, 0.29) is 11.9 Å². The Morgan fingerprint density at radius 2 is 2.19 bits per heavy atom. The lowest BCUT2D eigenvalue weighted by Gasteiger charge is -2.30. The highest BCUT2D eigenvalue weighted by Crippen LogP contribution is 2.27. The zero-order valence-electron chi connectivity index (χ0n) is 8.83. The van der Waals surface area contributed by atoms with Gasteiger partial charge in [-0.3, -0.25) is 0 Å². The van der Waals surface area contributed by atoms with Gasteiger partial charge in [-0.1, -0.05) is 17.7 Å². The summed E-state index contributed by atoms with van der Waals surface area (Å²) in [6, 6.07) is 4.29.